The molecule has 5 heteroatoms. The molecule has 2 heterocycles. The quantitative estimate of drug-likeness (QED) is 0.813. The smallest absolute Gasteiger partial charge is 0.250 e. The van der Waals surface area contributed by atoms with E-state index in [1.807, 2.05) is 18.2 Å². The minimum Gasteiger partial charge on any atom is -0.370 e. The van der Waals surface area contributed by atoms with Crippen LogP contribution in [0.3, 0.4) is 0 Å². The number of unbranched alkanes of at least 4 members (excludes halogenated alkanes) is 1. The molecule has 1 N–H and O–H groups in total. The van der Waals surface area contributed by atoms with Gasteiger partial charge in [0, 0.05) is 25.4 Å². The van der Waals surface area contributed by atoms with Crippen molar-refractivity contribution >= 4 is 5.82 Å². The van der Waals surface area contributed by atoms with Crippen molar-refractivity contribution < 1.29 is 0 Å². The maximum atomic E-state index is 11.5. The average molecular weight is 268 g/mol. The van der Waals surface area contributed by atoms with Crippen LogP contribution in [0.15, 0.2) is 47.4 Å². The highest BCUT2D eigenvalue weighted by atomic mass is 16.1. The molecule has 102 valence electrons. The number of hydrogen-bond donors (Lipinski definition) is 1. The van der Waals surface area contributed by atoms with Crippen molar-refractivity contribution in [2.24, 2.45) is 0 Å². The molecule has 0 aliphatic rings. The highest BCUT2D eigenvalue weighted by molar-refractivity contribution is 5.38. The molecule has 0 unspecified atom stereocenters. The van der Waals surface area contributed by atoms with E-state index in [4.69, 9.17) is 5.26 Å². The largest absolute Gasteiger partial charge is 0.370 e. The van der Waals surface area contributed by atoms with E-state index in [1.165, 1.54) is 0 Å². The second-order valence-corrected chi connectivity index (χ2v) is 4.39. The van der Waals surface area contributed by atoms with Crippen LogP contribution in [0.25, 0.3) is 0 Å². The number of aryl methyl sites for hydroxylation is 1. The van der Waals surface area contributed by atoms with Crippen molar-refractivity contribution in [3.8, 4) is 6.07 Å². The number of hydrogen-bond acceptors (Lipinski definition) is 4. The van der Waals surface area contributed by atoms with Crippen LogP contribution in [-0.4, -0.2) is 16.1 Å². The Labute approximate surface area is 117 Å². The maximum absolute atomic E-state index is 11.5. The van der Waals surface area contributed by atoms with Crippen LogP contribution in [0.2, 0.25) is 0 Å². The van der Waals surface area contributed by atoms with Gasteiger partial charge in [-0.3, -0.25) is 4.79 Å². The predicted molar refractivity (Wildman–Crippen MR) is 77.4 cm³/mol. The maximum Gasteiger partial charge on any atom is 0.250 e. The summed E-state index contributed by atoms with van der Waals surface area (Å²) in [6, 6.07) is 12.5. The van der Waals surface area contributed by atoms with E-state index < -0.39 is 0 Å². The van der Waals surface area contributed by atoms with Gasteiger partial charge in [-0.05, 0) is 31.0 Å². The van der Waals surface area contributed by atoms with Crippen molar-refractivity contribution in [2.75, 3.05) is 11.9 Å². The molecule has 2 rings (SSSR count). The van der Waals surface area contributed by atoms with Gasteiger partial charge >= 0.3 is 0 Å². The van der Waals surface area contributed by atoms with E-state index in [0.717, 1.165) is 19.4 Å². The fourth-order valence-electron chi connectivity index (χ4n) is 1.86. The summed E-state index contributed by atoms with van der Waals surface area (Å²) in [6.45, 7) is 1.48. The molecular weight excluding hydrogens is 252 g/mol. The van der Waals surface area contributed by atoms with Gasteiger partial charge in [-0.15, -0.1) is 0 Å². The Kier molecular flexibility index (Phi) is 4.90. The minimum atomic E-state index is 0.0313. The summed E-state index contributed by atoms with van der Waals surface area (Å²) in [4.78, 5) is 15.6. The van der Waals surface area contributed by atoms with Gasteiger partial charge in [-0.2, -0.15) is 5.26 Å². The summed E-state index contributed by atoms with van der Waals surface area (Å²) in [6.07, 6.45) is 3.64. The molecule has 0 radical (unpaired) electrons. The van der Waals surface area contributed by atoms with Gasteiger partial charge in [0.2, 0.25) is 5.56 Å². The zero-order chi connectivity index (χ0) is 14.2. The van der Waals surface area contributed by atoms with E-state index >= 15 is 0 Å². The number of anilines is 1. The first-order chi connectivity index (χ1) is 9.79. The van der Waals surface area contributed by atoms with E-state index in [9.17, 15) is 4.79 Å². The number of nitrogens with one attached hydrogen (secondary N) is 1. The molecule has 0 aliphatic heterocycles. The Balaban J connectivity index is 1.73. The molecular formula is C15H16N4O. The van der Waals surface area contributed by atoms with Crippen LogP contribution >= 0.6 is 0 Å². The molecule has 0 atom stereocenters. The summed E-state index contributed by atoms with van der Waals surface area (Å²) in [5.41, 5.74) is 0.440. The molecule has 20 heavy (non-hydrogen) atoms. The zero-order valence-electron chi connectivity index (χ0n) is 11.1. The minimum absolute atomic E-state index is 0.0313. The number of pyridine rings is 2. The van der Waals surface area contributed by atoms with Gasteiger partial charge in [-0.25, -0.2) is 4.98 Å². The van der Waals surface area contributed by atoms with Crippen LogP contribution in [0.4, 0.5) is 5.82 Å². The molecule has 0 aromatic carbocycles. The lowest BCUT2D eigenvalue weighted by atomic mass is 10.3. The van der Waals surface area contributed by atoms with Crippen LogP contribution in [0.1, 0.15) is 18.5 Å². The van der Waals surface area contributed by atoms with E-state index in [0.29, 0.717) is 18.1 Å². The highest BCUT2D eigenvalue weighted by Crippen LogP contribution is 2.04. The van der Waals surface area contributed by atoms with Crippen LogP contribution in [-0.2, 0) is 6.54 Å². The standard InChI is InChI=1S/C15H16N4O/c16-12-13-6-5-7-14(18-13)17-9-2-4-11-19-10-3-1-8-15(19)20/h1,3,5-8,10H,2,4,9,11H2,(H,17,18). The fraction of sp³-hybridized carbons (Fsp3) is 0.267. The Morgan fingerprint density at radius 3 is 2.90 bits per heavy atom. The molecule has 0 aliphatic carbocycles. The van der Waals surface area contributed by atoms with Crippen molar-refractivity contribution in [3.63, 3.8) is 0 Å². The zero-order valence-corrected chi connectivity index (χ0v) is 11.1. The van der Waals surface area contributed by atoms with Crippen molar-refractivity contribution in [1.82, 2.24) is 9.55 Å². The average Bonchev–Trinajstić information content (AvgIpc) is 2.49. The topological polar surface area (TPSA) is 70.7 Å². The lowest BCUT2D eigenvalue weighted by molar-refractivity contribution is 0.604. The SMILES string of the molecule is N#Cc1cccc(NCCCCn2ccccc2=O)n1. The lowest BCUT2D eigenvalue weighted by Crippen LogP contribution is -2.18. The third-order valence-corrected chi connectivity index (χ3v) is 2.89. The van der Waals surface area contributed by atoms with Crippen LogP contribution in [0, 0.1) is 11.3 Å². The Morgan fingerprint density at radius 2 is 2.10 bits per heavy atom. The van der Waals surface area contributed by atoms with Gasteiger partial charge in [-0.1, -0.05) is 12.1 Å². The Hall–Kier alpha value is -2.61. The van der Waals surface area contributed by atoms with Gasteiger partial charge in [0.1, 0.15) is 17.6 Å². The van der Waals surface area contributed by atoms with E-state index in [2.05, 4.69) is 10.3 Å². The van der Waals surface area contributed by atoms with E-state index in [-0.39, 0.29) is 5.56 Å². The normalized spacial score (nSPS) is 9.95. The van der Waals surface area contributed by atoms with Crippen LogP contribution < -0.4 is 10.9 Å². The fourth-order valence-corrected chi connectivity index (χ4v) is 1.86. The summed E-state index contributed by atoms with van der Waals surface area (Å²) in [5.74, 6) is 0.709. The first kappa shape index (κ1) is 13.8. The van der Waals surface area contributed by atoms with Crippen molar-refractivity contribution in [1.29, 1.82) is 5.26 Å². The second-order valence-electron chi connectivity index (χ2n) is 4.39. The summed E-state index contributed by atoms with van der Waals surface area (Å²) >= 11 is 0. The summed E-state index contributed by atoms with van der Waals surface area (Å²) < 4.78 is 1.70. The Morgan fingerprint density at radius 1 is 1.20 bits per heavy atom. The van der Waals surface area contributed by atoms with E-state index in [1.54, 1.807) is 35.0 Å². The number of aromatic nitrogens is 2. The Bertz CT molecular complexity index is 657. The van der Waals surface area contributed by atoms with Crippen molar-refractivity contribution in [3.05, 3.63) is 58.6 Å². The first-order valence-electron chi connectivity index (χ1n) is 6.56. The van der Waals surface area contributed by atoms with Crippen molar-refractivity contribution in [2.45, 2.75) is 19.4 Å². The molecule has 0 bridgehead atoms. The van der Waals surface area contributed by atoms with Crippen LogP contribution in [0.5, 0.6) is 0 Å². The molecule has 0 spiro atoms. The lowest BCUT2D eigenvalue weighted by Gasteiger charge is -2.07. The predicted octanol–water partition coefficient (Wildman–Crippen LogP) is 2.01. The summed E-state index contributed by atoms with van der Waals surface area (Å²) in [7, 11) is 0. The third-order valence-electron chi connectivity index (χ3n) is 2.89. The number of nitriles is 1. The second kappa shape index (κ2) is 7.10. The van der Waals surface area contributed by atoms with Gasteiger partial charge in [0.25, 0.3) is 0 Å². The number of nitrogens with zero attached hydrogens (tertiary/aromatic N) is 3. The highest BCUT2D eigenvalue weighted by Gasteiger charge is 1.97. The monoisotopic (exact) mass is 268 g/mol. The summed E-state index contributed by atoms with van der Waals surface area (Å²) in [5, 5.41) is 11.9. The first-order valence-corrected chi connectivity index (χ1v) is 6.56. The molecule has 0 saturated carbocycles. The van der Waals surface area contributed by atoms with Gasteiger partial charge in [0.15, 0.2) is 0 Å². The molecule has 0 amide bonds. The van der Waals surface area contributed by atoms with Gasteiger partial charge in [0.05, 0.1) is 0 Å². The third kappa shape index (κ3) is 3.95. The number of rotatable bonds is 6. The molecule has 5 nitrogen and oxygen atoms in total. The van der Waals surface area contributed by atoms with Gasteiger partial charge < -0.3 is 9.88 Å². The molecule has 0 saturated heterocycles. The molecule has 2 aromatic rings. The molecule has 0 fully saturated rings. The molecule has 2 aromatic heterocycles.